The molecule has 28 heavy (non-hydrogen) atoms. The Balaban J connectivity index is 1.47. The van der Waals surface area contributed by atoms with Crippen LogP contribution in [0.1, 0.15) is 45.1 Å². The van der Waals surface area contributed by atoms with E-state index >= 15 is 0 Å². The summed E-state index contributed by atoms with van der Waals surface area (Å²) < 4.78 is 0. The lowest BCUT2D eigenvalue weighted by Gasteiger charge is -2.68. The van der Waals surface area contributed by atoms with Gasteiger partial charge in [0.15, 0.2) is 0 Å². The van der Waals surface area contributed by atoms with Gasteiger partial charge >= 0.3 is 6.09 Å². The van der Waals surface area contributed by atoms with Gasteiger partial charge < -0.3 is 14.9 Å². The van der Waals surface area contributed by atoms with Crippen LogP contribution in [0.3, 0.4) is 0 Å². The number of likely N-dealkylation sites (tertiary alicyclic amines) is 1. The van der Waals surface area contributed by atoms with Crippen molar-refractivity contribution in [3.63, 3.8) is 0 Å². The number of aromatic amines is 1. The molecule has 2 aromatic rings. The van der Waals surface area contributed by atoms with E-state index in [1.165, 1.54) is 24.1 Å². The van der Waals surface area contributed by atoms with Crippen LogP contribution in [-0.2, 0) is 0 Å². The molecule has 1 amide bonds. The number of amides is 1. The Kier molecular flexibility index (Phi) is 3.44. The highest BCUT2D eigenvalue weighted by atomic mass is 16.4. The molecule has 0 bridgehead atoms. The van der Waals surface area contributed by atoms with Gasteiger partial charge in [-0.1, -0.05) is 20.8 Å². The monoisotopic (exact) mass is 382 g/mol. The van der Waals surface area contributed by atoms with Gasteiger partial charge in [0.2, 0.25) is 0 Å². The molecule has 5 rings (SSSR count). The number of hydrogen-bond donors (Lipinski definition) is 2. The van der Waals surface area contributed by atoms with Gasteiger partial charge in [-0.2, -0.15) is 5.10 Å². The zero-order valence-corrected chi connectivity index (χ0v) is 16.5. The molecule has 7 nitrogen and oxygen atoms in total. The highest BCUT2D eigenvalue weighted by molar-refractivity contribution is 5.85. The molecule has 1 atom stereocenters. The van der Waals surface area contributed by atoms with E-state index < -0.39 is 6.09 Å². The zero-order chi connectivity index (χ0) is 19.8. The van der Waals surface area contributed by atoms with Gasteiger partial charge in [-0.3, -0.25) is 4.79 Å². The number of nitrogens with one attached hydrogen (secondary N) is 1. The maximum atomic E-state index is 11.6. The predicted octanol–water partition coefficient (Wildman–Crippen LogP) is 3.02. The average Bonchev–Trinajstić information content (AvgIpc) is 3.34. The van der Waals surface area contributed by atoms with E-state index in [2.05, 4.69) is 48.0 Å². The summed E-state index contributed by atoms with van der Waals surface area (Å²) in [6.45, 7) is 8.73. The van der Waals surface area contributed by atoms with Crippen LogP contribution in [0.5, 0.6) is 0 Å². The van der Waals surface area contributed by atoms with E-state index in [0.717, 1.165) is 24.0 Å². The minimum Gasteiger partial charge on any atom is -0.465 e. The topological polar surface area (TPSA) is 89.5 Å². The van der Waals surface area contributed by atoms with E-state index in [0.29, 0.717) is 12.5 Å². The normalized spacial score (nSPS) is 23.6. The number of rotatable bonds is 2. The number of carboxylic acid groups (broad SMARTS) is 1. The molecule has 2 saturated heterocycles. The van der Waals surface area contributed by atoms with Gasteiger partial charge in [0.25, 0.3) is 5.56 Å². The Morgan fingerprint density at radius 3 is 2.54 bits per heavy atom. The smallest absolute Gasteiger partial charge is 0.407 e. The standard InChI is InChI=1S/C21H26N4O3/c1-20(2,3)18-21(11-25(18)19(27)28)9-24(10-21)16-8-15-13(7-17(26)23-22-15)6-14(16)12-4-5-12/h6-8,12,18H,4-5,9-11H2,1-3H3,(H,23,26)(H,27,28). The van der Waals surface area contributed by atoms with Gasteiger partial charge in [-0.25, -0.2) is 9.89 Å². The van der Waals surface area contributed by atoms with Crippen LogP contribution in [0.4, 0.5) is 10.5 Å². The third kappa shape index (κ3) is 2.52. The zero-order valence-electron chi connectivity index (χ0n) is 16.5. The minimum atomic E-state index is -0.818. The largest absolute Gasteiger partial charge is 0.465 e. The van der Waals surface area contributed by atoms with Gasteiger partial charge in [0.05, 0.1) is 11.6 Å². The van der Waals surface area contributed by atoms with Crippen molar-refractivity contribution in [2.75, 3.05) is 24.5 Å². The van der Waals surface area contributed by atoms with Crippen molar-refractivity contribution in [3.8, 4) is 0 Å². The first kappa shape index (κ1) is 17.5. The molecule has 1 aromatic heterocycles. The molecule has 3 fully saturated rings. The molecule has 7 heteroatoms. The number of aromatic nitrogens is 2. The van der Waals surface area contributed by atoms with Gasteiger partial charge in [-0.05, 0) is 41.9 Å². The summed E-state index contributed by atoms with van der Waals surface area (Å²) in [7, 11) is 0. The third-order valence-electron chi connectivity index (χ3n) is 6.56. The second-order valence-corrected chi connectivity index (χ2v) is 9.87. The van der Waals surface area contributed by atoms with Crippen molar-refractivity contribution >= 4 is 22.7 Å². The number of benzene rings is 1. The van der Waals surface area contributed by atoms with Crippen LogP contribution in [-0.4, -0.2) is 52.0 Å². The van der Waals surface area contributed by atoms with Crippen molar-refractivity contribution in [1.29, 1.82) is 0 Å². The summed E-state index contributed by atoms with van der Waals surface area (Å²) in [6, 6.07) is 5.86. The molecular weight excluding hydrogens is 356 g/mol. The molecule has 3 heterocycles. The van der Waals surface area contributed by atoms with Crippen LogP contribution in [0, 0.1) is 10.8 Å². The van der Waals surface area contributed by atoms with Crippen molar-refractivity contribution in [2.45, 2.75) is 45.6 Å². The molecule has 3 aliphatic rings. The van der Waals surface area contributed by atoms with E-state index in [9.17, 15) is 14.7 Å². The van der Waals surface area contributed by atoms with Crippen LogP contribution >= 0.6 is 0 Å². The fourth-order valence-electron chi connectivity index (χ4n) is 5.56. The summed E-state index contributed by atoms with van der Waals surface area (Å²) in [5.74, 6) is 0.561. The Morgan fingerprint density at radius 2 is 1.93 bits per heavy atom. The summed E-state index contributed by atoms with van der Waals surface area (Å²) >= 11 is 0. The highest BCUT2D eigenvalue weighted by Crippen LogP contribution is 2.55. The molecule has 148 valence electrons. The first-order valence-corrected chi connectivity index (χ1v) is 9.96. The molecule has 2 aliphatic heterocycles. The molecule has 2 N–H and O–H groups in total. The Bertz CT molecular complexity index is 1030. The molecule has 1 unspecified atom stereocenters. The second kappa shape index (κ2) is 5.49. The fourth-order valence-corrected chi connectivity index (χ4v) is 5.56. The van der Waals surface area contributed by atoms with Gasteiger partial charge in [0, 0.05) is 42.2 Å². The molecule has 1 aromatic carbocycles. The Morgan fingerprint density at radius 1 is 1.21 bits per heavy atom. The summed E-state index contributed by atoms with van der Waals surface area (Å²) in [5.41, 5.74) is 3.06. The lowest BCUT2D eigenvalue weighted by molar-refractivity contribution is -0.121. The summed E-state index contributed by atoms with van der Waals surface area (Å²) in [4.78, 5) is 27.2. The van der Waals surface area contributed by atoms with Gasteiger partial charge in [-0.15, -0.1) is 0 Å². The maximum Gasteiger partial charge on any atom is 0.407 e. The van der Waals surface area contributed by atoms with Crippen molar-refractivity contribution in [2.24, 2.45) is 10.8 Å². The molecule has 1 spiro atoms. The number of H-pyrrole nitrogens is 1. The molecule has 1 saturated carbocycles. The SMILES string of the molecule is CC(C)(C)C1N(C(=O)O)CC12CN(c1cc3n[nH]c(=O)cc3cc1C1CC1)C2. The predicted molar refractivity (Wildman–Crippen MR) is 107 cm³/mol. The first-order chi connectivity index (χ1) is 13.2. The van der Waals surface area contributed by atoms with Crippen molar-refractivity contribution < 1.29 is 9.90 Å². The Labute approximate surface area is 163 Å². The van der Waals surface area contributed by atoms with E-state index in [1.807, 2.05) is 0 Å². The minimum absolute atomic E-state index is 0.0326. The number of anilines is 1. The van der Waals surface area contributed by atoms with Crippen molar-refractivity contribution in [3.05, 3.63) is 34.1 Å². The lowest BCUT2D eigenvalue weighted by atomic mass is 9.58. The quantitative estimate of drug-likeness (QED) is 0.833. The highest BCUT2D eigenvalue weighted by Gasteiger charge is 2.64. The molecule has 1 aliphatic carbocycles. The number of hydrogen-bond acceptors (Lipinski definition) is 4. The molecule has 0 radical (unpaired) electrons. The number of nitrogens with zero attached hydrogens (tertiary/aromatic N) is 3. The van der Waals surface area contributed by atoms with E-state index in [4.69, 9.17) is 0 Å². The van der Waals surface area contributed by atoms with Crippen LogP contribution in [0.15, 0.2) is 23.0 Å². The first-order valence-electron chi connectivity index (χ1n) is 9.96. The average molecular weight is 382 g/mol. The fraction of sp³-hybridized carbons (Fsp3) is 0.571. The van der Waals surface area contributed by atoms with Crippen LogP contribution in [0.2, 0.25) is 0 Å². The summed E-state index contributed by atoms with van der Waals surface area (Å²) in [6.07, 6.45) is 1.55. The number of carbonyl (C=O) groups is 1. The number of fused-ring (bicyclic) bond motifs is 1. The van der Waals surface area contributed by atoms with Crippen LogP contribution < -0.4 is 10.5 Å². The maximum absolute atomic E-state index is 11.6. The third-order valence-corrected chi connectivity index (χ3v) is 6.56. The van der Waals surface area contributed by atoms with E-state index in [1.54, 1.807) is 11.0 Å². The van der Waals surface area contributed by atoms with Crippen LogP contribution in [0.25, 0.3) is 10.9 Å². The molecular formula is C21H26N4O3. The lowest BCUT2D eigenvalue weighted by Crippen LogP contribution is -2.81. The van der Waals surface area contributed by atoms with E-state index in [-0.39, 0.29) is 22.4 Å². The Hall–Kier alpha value is -2.57. The summed E-state index contributed by atoms with van der Waals surface area (Å²) in [5, 5.41) is 17.2. The van der Waals surface area contributed by atoms with Gasteiger partial charge in [0.1, 0.15) is 0 Å². The van der Waals surface area contributed by atoms with Crippen molar-refractivity contribution in [1.82, 2.24) is 15.1 Å². The second-order valence-electron chi connectivity index (χ2n) is 9.87.